The minimum absolute atomic E-state index is 0.0587. The molecule has 3 nitrogen and oxygen atoms in total. The van der Waals surface area contributed by atoms with E-state index in [1.165, 1.54) is 12.1 Å². The Bertz CT molecular complexity index is 2430. The Morgan fingerprint density at radius 3 is 1.65 bits per heavy atom. The van der Waals surface area contributed by atoms with Crippen molar-refractivity contribution in [1.82, 2.24) is 9.13 Å². The zero-order valence-corrected chi connectivity index (χ0v) is 25.9. The SMILES string of the molecule is C=Cc1c(/C=C\C)c2ccccc2n1-c1cc(C#N)c(-n2c3ccccc3c3ccccc32)cc1-c1cc(C(F)(F)F)cc(C(F)(F)F)c1. The second kappa shape index (κ2) is 11.6. The normalized spacial score (nSPS) is 12.4. The molecule has 0 amide bonds. The minimum Gasteiger partial charge on any atom is -0.309 e. The van der Waals surface area contributed by atoms with Gasteiger partial charge >= 0.3 is 12.4 Å². The first-order valence-corrected chi connectivity index (χ1v) is 15.2. The Balaban J connectivity index is 1.68. The van der Waals surface area contributed by atoms with E-state index in [0.717, 1.165) is 33.9 Å². The molecule has 0 saturated heterocycles. The third kappa shape index (κ3) is 5.17. The number of hydrogen-bond acceptors (Lipinski definition) is 1. The molecule has 0 aliphatic rings. The van der Waals surface area contributed by atoms with E-state index in [4.69, 9.17) is 0 Å². The smallest absolute Gasteiger partial charge is 0.309 e. The van der Waals surface area contributed by atoms with Crippen molar-refractivity contribution in [3.05, 3.63) is 144 Å². The summed E-state index contributed by atoms with van der Waals surface area (Å²) in [6, 6.07) is 29.1. The first-order chi connectivity index (χ1) is 23.5. The Hall–Kier alpha value is -6.01. The fraction of sp³-hybridized carbons (Fsp3) is 0.0750. The number of fused-ring (bicyclic) bond motifs is 4. The van der Waals surface area contributed by atoms with Crippen LogP contribution < -0.4 is 0 Å². The Labute approximate surface area is 276 Å². The summed E-state index contributed by atoms with van der Waals surface area (Å²) >= 11 is 0. The van der Waals surface area contributed by atoms with Crippen molar-refractivity contribution in [2.75, 3.05) is 0 Å². The van der Waals surface area contributed by atoms with Gasteiger partial charge in [-0.05, 0) is 67.1 Å². The van der Waals surface area contributed by atoms with Crippen molar-refractivity contribution in [2.45, 2.75) is 19.3 Å². The number of halogens is 6. The van der Waals surface area contributed by atoms with Gasteiger partial charge in [-0.1, -0.05) is 73.3 Å². The highest BCUT2D eigenvalue weighted by Gasteiger charge is 2.37. The molecule has 5 aromatic carbocycles. The molecule has 0 fully saturated rings. The highest BCUT2D eigenvalue weighted by atomic mass is 19.4. The topological polar surface area (TPSA) is 33.6 Å². The number of hydrogen-bond donors (Lipinski definition) is 0. The van der Waals surface area contributed by atoms with E-state index in [0.29, 0.717) is 27.9 Å². The van der Waals surface area contributed by atoms with Crippen molar-refractivity contribution in [2.24, 2.45) is 0 Å². The third-order valence-electron chi connectivity index (χ3n) is 8.67. The average Bonchev–Trinajstić information content (AvgIpc) is 3.59. The molecule has 242 valence electrons. The molecule has 0 aliphatic carbocycles. The average molecular weight is 662 g/mol. The number of nitrogens with zero attached hydrogens (tertiary/aromatic N) is 3. The maximum absolute atomic E-state index is 14.2. The number of aromatic nitrogens is 2. The van der Waals surface area contributed by atoms with Crippen LogP contribution in [0.4, 0.5) is 26.3 Å². The van der Waals surface area contributed by atoms with Crippen LogP contribution in [0.3, 0.4) is 0 Å². The van der Waals surface area contributed by atoms with E-state index >= 15 is 0 Å². The van der Waals surface area contributed by atoms with E-state index in [9.17, 15) is 31.6 Å². The molecule has 0 unspecified atom stereocenters. The quantitative estimate of drug-likeness (QED) is 0.169. The molecule has 0 bridgehead atoms. The summed E-state index contributed by atoms with van der Waals surface area (Å²) in [6.45, 7) is 5.83. The van der Waals surface area contributed by atoms with Crippen LogP contribution in [-0.2, 0) is 12.4 Å². The molecule has 2 aromatic heterocycles. The second-order valence-electron chi connectivity index (χ2n) is 11.5. The van der Waals surface area contributed by atoms with Crippen LogP contribution in [0.2, 0.25) is 0 Å². The van der Waals surface area contributed by atoms with Crippen LogP contribution >= 0.6 is 0 Å². The van der Waals surface area contributed by atoms with E-state index in [2.05, 4.69) is 12.6 Å². The molecule has 0 N–H and O–H groups in total. The first kappa shape index (κ1) is 31.6. The van der Waals surface area contributed by atoms with E-state index in [1.54, 1.807) is 22.8 Å². The third-order valence-corrected chi connectivity index (χ3v) is 8.67. The second-order valence-corrected chi connectivity index (χ2v) is 11.5. The van der Waals surface area contributed by atoms with Crippen LogP contribution in [0.15, 0.2) is 116 Å². The zero-order valence-electron chi connectivity index (χ0n) is 25.9. The van der Waals surface area contributed by atoms with Gasteiger partial charge in [0.1, 0.15) is 6.07 Å². The lowest BCUT2D eigenvalue weighted by molar-refractivity contribution is -0.143. The van der Waals surface area contributed by atoms with E-state index in [-0.39, 0.29) is 28.4 Å². The fourth-order valence-corrected chi connectivity index (χ4v) is 6.65. The van der Waals surface area contributed by atoms with Crippen LogP contribution in [0.25, 0.3) is 67.4 Å². The standard InChI is InChI=1S/C40H25F6N3/c1-3-11-28-29-12-5-8-15-34(29)48(33(28)4-2)38-20-25(23-47)37(49-35-16-9-6-13-30(35)31-14-7-10-17-36(31)49)22-32(38)24-18-26(39(41,42)43)21-27(19-24)40(44,45)46/h3-22H,2H2,1H3/b11-3-. The molecule has 2 heterocycles. The summed E-state index contributed by atoms with van der Waals surface area (Å²) in [5, 5.41) is 13.1. The summed E-state index contributed by atoms with van der Waals surface area (Å²) in [7, 11) is 0. The van der Waals surface area contributed by atoms with Crippen LogP contribution in [0, 0.1) is 11.3 Å². The number of nitriles is 1. The van der Waals surface area contributed by atoms with Gasteiger partial charge in [0.25, 0.3) is 0 Å². The van der Waals surface area contributed by atoms with Gasteiger partial charge in [0.05, 0.1) is 50.3 Å². The van der Waals surface area contributed by atoms with Crippen molar-refractivity contribution >= 4 is 44.9 Å². The number of para-hydroxylation sites is 3. The van der Waals surface area contributed by atoms with Gasteiger partial charge in [-0.15, -0.1) is 0 Å². The summed E-state index contributed by atoms with van der Waals surface area (Å²) in [4.78, 5) is 0. The lowest BCUT2D eigenvalue weighted by atomic mass is 9.95. The number of benzene rings is 5. The molecule has 0 aliphatic heterocycles. The molecule has 0 atom stereocenters. The van der Waals surface area contributed by atoms with Crippen molar-refractivity contribution in [3.63, 3.8) is 0 Å². The van der Waals surface area contributed by atoms with Gasteiger partial charge in [0.2, 0.25) is 0 Å². The molecule has 49 heavy (non-hydrogen) atoms. The minimum atomic E-state index is -5.07. The molecule has 7 aromatic rings. The van der Waals surface area contributed by atoms with Gasteiger partial charge in [0, 0.05) is 27.3 Å². The maximum atomic E-state index is 14.2. The van der Waals surface area contributed by atoms with Gasteiger partial charge < -0.3 is 9.13 Å². The van der Waals surface area contributed by atoms with Gasteiger partial charge in [-0.3, -0.25) is 0 Å². The van der Waals surface area contributed by atoms with Crippen LogP contribution in [0.5, 0.6) is 0 Å². The van der Waals surface area contributed by atoms with Gasteiger partial charge in [-0.2, -0.15) is 31.6 Å². The van der Waals surface area contributed by atoms with E-state index in [1.807, 2.05) is 84.3 Å². The molecule has 7 rings (SSSR count). The zero-order chi connectivity index (χ0) is 34.7. The van der Waals surface area contributed by atoms with Crippen molar-refractivity contribution in [3.8, 4) is 28.6 Å². The van der Waals surface area contributed by atoms with Gasteiger partial charge in [0.15, 0.2) is 0 Å². The Morgan fingerprint density at radius 2 is 1.16 bits per heavy atom. The number of rotatable bonds is 5. The Kier molecular flexibility index (Phi) is 7.48. The molecule has 0 spiro atoms. The summed E-state index contributed by atoms with van der Waals surface area (Å²) in [5.41, 5.74) is 0.902. The maximum Gasteiger partial charge on any atom is 0.416 e. The lowest BCUT2D eigenvalue weighted by Crippen LogP contribution is -2.12. The van der Waals surface area contributed by atoms with Crippen molar-refractivity contribution in [1.29, 1.82) is 5.26 Å². The molecular weight excluding hydrogens is 636 g/mol. The predicted octanol–water partition coefficient (Wildman–Crippen LogP) is 12.0. The molecule has 9 heteroatoms. The molecular formula is C40H25F6N3. The first-order valence-electron chi connectivity index (χ1n) is 15.2. The van der Waals surface area contributed by atoms with Gasteiger partial charge in [-0.25, -0.2) is 0 Å². The summed E-state index contributed by atoms with van der Waals surface area (Å²) < 4.78 is 88.9. The van der Waals surface area contributed by atoms with Crippen LogP contribution in [0.1, 0.15) is 34.9 Å². The van der Waals surface area contributed by atoms with Crippen molar-refractivity contribution < 1.29 is 26.3 Å². The predicted molar refractivity (Wildman–Crippen MR) is 183 cm³/mol. The monoisotopic (exact) mass is 661 g/mol. The van der Waals surface area contributed by atoms with E-state index < -0.39 is 23.5 Å². The highest BCUT2D eigenvalue weighted by Crippen LogP contribution is 2.44. The fourth-order valence-electron chi connectivity index (χ4n) is 6.65. The molecule has 0 radical (unpaired) electrons. The summed E-state index contributed by atoms with van der Waals surface area (Å²) in [5.74, 6) is 0. The Morgan fingerprint density at radius 1 is 0.653 bits per heavy atom. The number of allylic oxidation sites excluding steroid dienone is 1. The largest absolute Gasteiger partial charge is 0.416 e. The van der Waals surface area contributed by atoms with Crippen LogP contribution in [-0.4, -0.2) is 9.13 Å². The lowest BCUT2D eigenvalue weighted by Gasteiger charge is -2.21. The molecule has 0 saturated carbocycles. The highest BCUT2D eigenvalue weighted by molar-refractivity contribution is 6.09. The number of alkyl halides is 6. The summed E-state index contributed by atoms with van der Waals surface area (Å²) in [6.07, 6.45) is -4.86.